The van der Waals surface area contributed by atoms with E-state index in [1.54, 1.807) is 49.4 Å². The van der Waals surface area contributed by atoms with Crippen LogP contribution in [0.2, 0.25) is 0 Å². The Hall–Kier alpha value is -3.35. The molecule has 2 aromatic rings. The molecule has 3 amide bonds. The number of rotatable bonds is 8. The fourth-order valence-corrected chi connectivity index (χ4v) is 2.41. The molecule has 148 valence electrons. The van der Waals surface area contributed by atoms with Crippen LogP contribution < -0.4 is 20.7 Å². The van der Waals surface area contributed by atoms with Crippen molar-refractivity contribution >= 4 is 23.4 Å². The third-order valence-corrected chi connectivity index (χ3v) is 3.89. The van der Waals surface area contributed by atoms with Crippen molar-refractivity contribution in [3.8, 4) is 5.75 Å². The summed E-state index contributed by atoms with van der Waals surface area (Å²) in [6.45, 7) is 5.83. The minimum atomic E-state index is -0.707. The van der Waals surface area contributed by atoms with Crippen molar-refractivity contribution in [1.82, 2.24) is 10.6 Å². The normalized spacial score (nSPS) is 11.2. The first-order chi connectivity index (χ1) is 13.4. The Morgan fingerprint density at radius 2 is 1.79 bits per heavy atom. The highest BCUT2D eigenvalue weighted by atomic mass is 16.5. The molecule has 0 radical (unpaired) electrons. The summed E-state index contributed by atoms with van der Waals surface area (Å²) >= 11 is 0. The molecular formula is C21H25N3O4. The van der Waals surface area contributed by atoms with Crippen molar-refractivity contribution in [2.75, 3.05) is 18.5 Å². The fraction of sp³-hybridized carbons (Fsp3) is 0.286. The smallest absolute Gasteiger partial charge is 0.257 e. The van der Waals surface area contributed by atoms with Gasteiger partial charge in [0.05, 0.1) is 0 Å². The number of likely N-dealkylation sites (N-methyl/N-ethyl adjacent to an activating group) is 1. The Kier molecular flexibility index (Phi) is 7.56. The van der Waals surface area contributed by atoms with Crippen LogP contribution in [0.15, 0.2) is 48.5 Å². The van der Waals surface area contributed by atoms with E-state index in [1.165, 1.54) is 0 Å². The Morgan fingerprint density at radius 1 is 1.07 bits per heavy atom. The summed E-state index contributed by atoms with van der Waals surface area (Å²) in [5, 5.41) is 8.05. The van der Waals surface area contributed by atoms with E-state index in [9.17, 15) is 14.4 Å². The first kappa shape index (κ1) is 21.0. The Morgan fingerprint density at radius 3 is 2.43 bits per heavy atom. The predicted molar refractivity (Wildman–Crippen MR) is 107 cm³/mol. The SMILES string of the molecule is CCNC(=O)COc1ccc(NC(=O)C(C)NC(=O)c2cccc(C)c2)cc1. The summed E-state index contributed by atoms with van der Waals surface area (Å²) in [6.07, 6.45) is 0. The maximum absolute atomic E-state index is 12.3. The highest BCUT2D eigenvalue weighted by Gasteiger charge is 2.17. The quantitative estimate of drug-likeness (QED) is 0.651. The van der Waals surface area contributed by atoms with E-state index >= 15 is 0 Å². The van der Waals surface area contributed by atoms with Crippen LogP contribution in [-0.4, -0.2) is 36.9 Å². The van der Waals surface area contributed by atoms with E-state index in [4.69, 9.17) is 4.74 Å². The van der Waals surface area contributed by atoms with Gasteiger partial charge in [0.1, 0.15) is 11.8 Å². The van der Waals surface area contributed by atoms with Crippen molar-refractivity contribution in [3.05, 3.63) is 59.7 Å². The maximum Gasteiger partial charge on any atom is 0.257 e. The summed E-state index contributed by atoms with van der Waals surface area (Å²) in [5.41, 5.74) is 2.04. The summed E-state index contributed by atoms with van der Waals surface area (Å²) in [7, 11) is 0. The number of hydrogen-bond acceptors (Lipinski definition) is 4. The van der Waals surface area contributed by atoms with E-state index in [-0.39, 0.29) is 24.3 Å². The van der Waals surface area contributed by atoms with Crippen molar-refractivity contribution < 1.29 is 19.1 Å². The van der Waals surface area contributed by atoms with Gasteiger partial charge in [-0.25, -0.2) is 0 Å². The fourth-order valence-electron chi connectivity index (χ4n) is 2.41. The average molecular weight is 383 g/mol. The molecule has 1 atom stereocenters. The number of nitrogens with one attached hydrogen (secondary N) is 3. The topological polar surface area (TPSA) is 96.5 Å². The average Bonchev–Trinajstić information content (AvgIpc) is 2.67. The van der Waals surface area contributed by atoms with Gasteiger partial charge in [0.15, 0.2) is 6.61 Å². The third kappa shape index (κ3) is 6.42. The number of amides is 3. The number of ether oxygens (including phenoxy) is 1. The molecule has 0 fully saturated rings. The number of aryl methyl sites for hydroxylation is 1. The molecule has 2 rings (SSSR count). The van der Waals surface area contributed by atoms with Crippen LogP contribution >= 0.6 is 0 Å². The molecule has 7 nitrogen and oxygen atoms in total. The molecule has 7 heteroatoms. The van der Waals surface area contributed by atoms with E-state index in [0.717, 1.165) is 5.56 Å². The Bertz CT molecular complexity index is 834. The van der Waals surface area contributed by atoms with Crippen LogP contribution in [0.5, 0.6) is 5.75 Å². The number of anilines is 1. The zero-order valence-electron chi connectivity index (χ0n) is 16.2. The van der Waals surface area contributed by atoms with Crippen LogP contribution in [0.4, 0.5) is 5.69 Å². The van der Waals surface area contributed by atoms with Gasteiger partial charge in [-0.3, -0.25) is 14.4 Å². The lowest BCUT2D eigenvalue weighted by atomic mass is 10.1. The molecule has 2 aromatic carbocycles. The highest BCUT2D eigenvalue weighted by molar-refractivity contribution is 6.01. The van der Waals surface area contributed by atoms with Gasteiger partial charge >= 0.3 is 0 Å². The van der Waals surface area contributed by atoms with Crippen LogP contribution in [0.1, 0.15) is 29.8 Å². The third-order valence-electron chi connectivity index (χ3n) is 3.89. The van der Waals surface area contributed by atoms with Crippen molar-refractivity contribution in [1.29, 1.82) is 0 Å². The van der Waals surface area contributed by atoms with Gasteiger partial charge in [0.25, 0.3) is 11.8 Å². The van der Waals surface area contributed by atoms with Gasteiger partial charge in [0, 0.05) is 17.8 Å². The molecule has 0 saturated heterocycles. The molecular weight excluding hydrogens is 358 g/mol. The summed E-state index contributed by atoms with van der Waals surface area (Å²) in [4.78, 5) is 35.9. The number of hydrogen-bond donors (Lipinski definition) is 3. The molecule has 0 aromatic heterocycles. The number of benzene rings is 2. The molecule has 0 aliphatic carbocycles. The molecule has 0 bridgehead atoms. The van der Waals surface area contributed by atoms with Crippen LogP contribution in [0, 0.1) is 6.92 Å². The van der Waals surface area contributed by atoms with Gasteiger partial charge in [0.2, 0.25) is 5.91 Å². The Balaban J connectivity index is 1.86. The van der Waals surface area contributed by atoms with Gasteiger partial charge in [-0.15, -0.1) is 0 Å². The highest BCUT2D eigenvalue weighted by Crippen LogP contribution is 2.16. The summed E-state index contributed by atoms with van der Waals surface area (Å²) < 4.78 is 5.36. The van der Waals surface area contributed by atoms with Crippen molar-refractivity contribution in [2.45, 2.75) is 26.8 Å². The largest absolute Gasteiger partial charge is 0.484 e. The van der Waals surface area contributed by atoms with Crippen molar-refractivity contribution in [2.24, 2.45) is 0 Å². The lowest BCUT2D eigenvalue weighted by Crippen LogP contribution is -2.41. The second kappa shape index (κ2) is 10.1. The van der Waals surface area contributed by atoms with E-state index < -0.39 is 6.04 Å². The molecule has 3 N–H and O–H groups in total. The molecule has 0 aliphatic rings. The zero-order chi connectivity index (χ0) is 20.5. The van der Waals surface area contributed by atoms with Gasteiger partial charge in [-0.1, -0.05) is 17.7 Å². The van der Waals surface area contributed by atoms with Gasteiger partial charge in [-0.05, 0) is 57.2 Å². The lowest BCUT2D eigenvalue weighted by molar-refractivity contribution is -0.123. The predicted octanol–water partition coefficient (Wildman–Crippen LogP) is 2.27. The molecule has 1 unspecified atom stereocenters. The first-order valence-electron chi connectivity index (χ1n) is 9.07. The number of carbonyl (C=O) groups is 3. The van der Waals surface area contributed by atoms with Crippen LogP contribution in [0.3, 0.4) is 0 Å². The first-order valence-corrected chi connectivity index (χ1v) is 9.07. The molecule has 0 saturated carbocycles. The van der Waals surface area contributed by atoms with Gasteiger partial charge in [-0.2, -0.15) is 0 Å². The van der Waals surface area contributed by atoms with E-state index in [2.05, 4.69) is 16.0 Å². The molecule has 0 heterocycles. The summed E-state index contributed by atoms with van der Waals surface area (Å²) in [6, 6.07) is 13.1. The monoisotopic (exact) mass is 383 g/mol. The minimum absolute atomic E-state index is 0.0679. The molecule has 28 heavy (non-hydrogen) atoms. The molecule has 0 aliphatic heterocycles. The minimum Gasteiger partial charge on any atom is -0.484 e. The summed E-state index contributed by atoms with van der Waals surface area (Å²) in [5.74, 6) is -0.319. The van der Waals surface area contributed by atoms with Gasteiger partial charge < -0.3 is 20.7 Å². The second-order valence-electron chi connectivity index (χ2n) is 6.32. The van der Waals surface area contributed by atoms with Crippen molar-refractivity contribution in [3.63, 3.8) is 0 Å². The lowest BCUT2D eigenvalue weighted by Gasteiger charge is -2.15. The zero-order valence-corrected chi connectivity index (χ0v) is 16.2. The standard InChI is InChI=1S/C21H25N3O4/c1-4-22-19(25)13-28-18-10-8-17(9-11-18)24-20(26)15(3)23-21(27)16-7-5-6-14(2)12-16/h5-12,15H,4,13H2,1-3H3,(H,22,25)(H,23,27)(H,24,26). The van der Waals surface area contributed by atoms with Crippen LogP contribution in [-0.2, 0) is 9.59 Å². The second-order valence-corrected chi connectivity index (χ2v) is 6.32. The molecule has 0 spiro atoms. The maximum atomic E-state index is 12.3. The van der Waals surface area contributed by atoms with E-state index in [1.807, 2.05) is 19.9 Å². The number of carbonyl (C=O) groups excluding carboxylic acids is 3. The van der Waals surface area contributed by atoms with E-state index in [0.29, 0.717) is 23.5 Å². The Labute approximate surface area is 164 Å². The van der Waals surface area contributed by atoms with Crippen LogP contribution in [0.25, 0.3) is 0 Å².